The third-order valence-electron chi connectivity index (χ3n) is 5.77. The Hall–Kier alpha value is -2.57. The lowest BCUT2D eigenvalue weighted by Gasteiger charge is -2.44. The number of carbonyl (C=O) groups is 3. The summed E-state index contributed by atoms with van der Waals surface area (Å²) in [5, 5.41) is 5.80. The number of hydrogen-bond acceptors (Lipinski definition) is 4. The van der Waals surface area contributed by atoms with Gasteiger partial charge in [0.1, 0.15) is 17.7 Å². The standard InChI is InChI=1S/C28H47N3O4/c1-13-19(5)22(30-26(34)35-28(10,11)12)25(33)31(27(7,8)9)23(24(32)29-17(2)3)21-15-14-18(4)16-20(21)6/h14-17,19,22-23H,13H2,1-12H3,(H,29,32)(H,30,34). The summed E-state index contributed by atoms with van der Waals surface area (Å²) in [5.41, 5.74) is 1.35. The highest BCUT2D eigenvalue weighted by atomic mass is 16.6. The van der Waals surface area contributed by atoms with E-state index < -0.39 is 29.3 Å². The zero-order valence-electron chi connectivity index (χ0n) is 23.8. The van der Waals surface area contributed by atoms with Crippen molar-refractivity contribution in [3.05, 3.63) is 34.9 Å². The Labute approximate surface area is 212 Å². The molecule has 0 radical (unpaired) electrons. The van der Waals surface area contributed by atoms with E-state index >= 15 is 0 Å². The van der Waals surface area contributed by atoms with E-state index in [1.807, 2.05) is 80.5 Å². The summed E-state index contributed by atoms with van der Waals surface area (Å²) >= 11 is 0. The number of ether oxygens (including phenoxy) is 1. The molecule has 3 atom stereocenters. The van der Waals surface area contributed by atoms with Crippen molar-refractivity contribution < 1.29 is 19.1 Å². The number of benzene rings is 1. The first kappa shape index (κ1) is 30.5. The van der Waals surface area contributed by atoms with Gasteiger partial charge >= 0.3 is 6.09 Å². The second-order valence-electron chi connectivity index (χ2n) is 11.8. The van der Waals surface area contributed by atoms with E-state index in [1.165, 1.54) is 0 Å². The molecule has 0 aliphatic carbocycles. The molecular weight excluding hydrogens is 442 g/mol. The summed E-state index contributed by atoms with van der Waals surface area (Å²) in [6, 6.07) is 4.07. The SMILES string of the molecule is CCC(C)C(NC(=O)OC(C)(C)C)C(=O)N(C(C(=O)NC(C)C)c1ccc(C)cc1C)C(C)(C)C. The maximum atomic E-state index is 14.3. The topological polar surface area (TPSA) is 87.7 Å². The highest BCUT2D eigenvalue weighted by Crippen LogP contribution is 2.33. The molecule has 7 nitrogen and oxygen atoms in total. The number of aryl methyl sites for hydroxylation is 2. The van der Waals surface area contributed by atoms with E-state index in [2.05, 4.69) is 10.6 Å². The van der Waals surface area contributed by atoms with Crippen LogP contribution < -0.4 is 10.6 Å². The van der Waals surface area contributed by atoms with Gasteiger partial charge in [-0.25, -0.2) is 4.79 Å². The molecule has 1 aromatic carbocycles. The van der Waals surface area contributed by atoms with Crippen LogP contribution in [0.2, 0.25) is 0 Å². The van der Waals surface area contributed by atoms with Gasteiger partial charge in [0, 0.05) is 11.6 Å². The van der Waals surface area contributed by atoms with Crippen LogP contribution in [0, 0.1) is 19.8 Å². The van der Waals surface area contributed by atoms with Crippen LogP contribution in [-0.4, -0.2) is 46.0 Å². The van der Waals surface area contributed by atoms with Crippen LogP contribution in [-0.2, 0) is 14.3 Å². The Kier molecular flexibility index (Phi) is 10.4. The molecule has 0 bridgehead atoms. The molecule has 0 spiro atoms. The minimum Gasteiger partial charge on any atom is -0.444 e. The first-order chi connectivity index (χ1) is 15.9. The van der Waals surface area contributed by atoms with Gasteiger partial charge in [-0.2, -0.15) is 0 Å². The summed E-state index contributed by atoms with van der Waals surface area (Å²) in [6.07, 6.45) is 0.0102. The van der Waals surface area contributed by atoms with Gasteiger partial charge in [0.25, 0.3) is 0 Å². The second-order valence-corrected chi connectivity index (χ2v) is 11.8. The molecule has 0 aliphatic rings. The van der Waals surface area contributed by atoms with Crippen molar-refractivity contribution in [3.8, 4) is 0 Å². The maximum absolute atomic E-state index is 14.3. The van der Waals surface area contributed by atoms with Crippen LogP contribution in [0.4, 0.5) is 4.79 Å². The quantitative estimate of drug-likeness (QED) is 0.509. The molecule has 0 aromatic heterocycles. The Morgan fingerprint density at radius 1 is 0.971 bits per heavy atom. The van der Waals surface area contributed by atoms with E-state index in [9.17, 15) is 14.4 Å². The van der Waals surface area contributed by atoms with Crippen molar-refractivity contribution in [2.45, 2.75) is 119 Å². The van der Waals surface area contributed by atoms with E-state index in [1.54, 1.807) is 25.7 Å². The Morgan fingerprint density at radius 2 is 1.54 bits per heavy atom. The van der Waals surface area contributed by atoms with E-state index in [-0.39, 0.29) is 23.8 Å². The summed E-state index contributed by atoms with van der Waals surface area (Å²) in [4.78, 5) is 42.2. The van der Waals surface area contributed by atoms with Crippen LogP contribution in [0.15, 0.2) is 18.2 Å². The van der Waals surface area contributed by atoms with Gasteiger partial charge in [0.2, 0.25) is 11.8 Å². The monoisotopic (exact) mass is 489 g/mol. The van der Waals surface area contributed by atoms with Crippen molar-refractivity contribution >= 4 is 17.9 Å². The highest BCUT2D eigenvalue weighted by molar-refractivity contribution is 5.93. The molecule has 1 aromatic rings. The van der Waals surface area contributed by atoms with E-state index in [0.717, 1.165) is 16.7 Å². The molecule has 3 amide bonds. The third-order valence-corrected chi connectivity index (χ3v) is 5.77. The summed E-state index contributed by atoms with van der Waals surface area (Å²) in [5.74, 6) is -0.746. The molecule has 0 saturated carbocycles. The van der Waals surface area contributed by atoms with Crippen LogP contribution in [0.25, 0.3) is 0 Å². The number of carbonyl (C=O) groups excluding carboxylic acids is 3. The predicted octanol–water partition coefficient (Wildman–Crippen LogP) is 5.44. The minimum atomic E-state index is -0.863. The Morgan fingerprint density at radius 3 is 1.97 bits per heavy atom. The van der Waals surface area contributed by atoms with Gasteiger partial charge in [-0.05, 0) is 86.3 Å². The fourth-order valence-electron chi connectivity index (χ4n) is 4.01. The first-order valence-electron chi connectivity index (χ1n) is 12.6. The van der Waals surface area contributed by atoms with E-state index in [0.29, 0.717) is 6.42 Å². The zero-order chi connectivity index (χ0) is 27.3. The summed E-state index contributed by atoms with van der Waals surface area (Å²) < 4.78 is 5.46. The number of nitrogens with zero attached hydrogens (tertiary/aromatic N) is 1. The fourth-order valence-corrected chi connectivity index (χ4v) is 4.01. The van der Waals surface area contributed by atoms with Gasteiger partial charge in [-0.1, -0.05) is 44.0 Å². The van der Waals surface area contributed by atoms with Crippen LogP contribution >= 0.6 is 0 Å². The van der Waals surface area contributed by atoms with Crippen LogP contribution in [0.3, 0.4) is 0 Å². The maximum Gasteiger partial charge on any atom is 0.408 e. The zero-order valence-corrected chi connectivity index (χ0v) is 23.8. The minimum absolute atomic E-state index is 0.0991. The molecule has 0 aliphatic heterocycles. The number of amides is 3. The first-order valence-corrected chi connectivity index (χ1v) is 12.6. The lowest BCUT2D eigenvalue weighted by atomic mass is 9.90. The number of nitrogens with one attached hydrogen (secondary N) is 2. The lowest BCUT2D eigenvalue weighted by Crippen LogP contribution is -2.60. The fraction of sp³-hybridized carbons (Fsp3) is 0.679. The molecular formula is C28H47N3O4. The lowest BCUT2D eigenvalue weighted by molar-refractivity contribution is -0.149. The average Bonchev–Trinajstić information content (AvgIpc) is 2.66. The van der Waals surface area contributed by atoms with Crippen molar-refractivity contribution in [1.29, 1.82) is 0 Å². The van der Waals surface area contributed by atoms with Crippen molar-refractivity contribution in [3.63, 3.8) is 0 Å². The van der Waals surface area contributed by atoms with Crippen molar-refractivity contribution in [2.24, 2.45) is 5.92 Å². The average molecular weight is 490 g/mol. The number of rotatable bonds is 8. The smallest absolute Gasteiger partial charge is 0.408 e. The normalized spacial score (nSPS) is 14.7. The summed E-state index contributed by atoms with van der Waals surface area (Å²) in [7, 11) is 0. The van der Waals surface area contributed by atoms with Gasteiger partial charge in [-0.3, -0.25) is 9.59 Å². The molecule has 0 heterocycles. The summed E-state index contributed by atoms with van der Waals surface area (Å²) in [6.45, 7) is 22.7. The molecule has 0 saturated heterocycles. The van der Waals surface area contributed by atoms with E-state index in [4.69, 9.17) is 4.74 Å². The highest BCUT2D eigenvalue weighted by Gasteiger charge is 2.43. The Bertz CT molecular complexity index is 896. The largest absolute Gasteiger partial charge is 0.444 e. The Balaban J connectivity index is 3.66. The van der Waals surface area contributed by atoms with Gasteiger partial charge in [-0.15, -0.1) is 0 Å². The number of hydrogen-bond donors (Lipinski definition) is 2. The molecule has 7 heteroatoms. The molecule has 1 rings (SSSR count). The van der Waals surface area contributed by atoms with Crippen LogP contribution in [0.5, 0.6) is 0 Å². The third kappa shape index (κ3) is 8.86. The van der Waals surface area contributed by atoms with Crippen molar-refractivity contribution in [1.82, 2.24) is 15.5 Å². The second kappa shape index (κ2) is 11.9. The van der Waals surface area contributed by atoms with Crippen molar-refractivity contribution in [2.75, 3.05) is 0 Å². The molecule has 0 fully saturated rings. The van der Waals surface area contributed by atoms with Crippen LogP contribution in [0.1, 0.15) is 98.4 Å². The molecule has 198 valence electrons. The number of alkyl carbamates (subject to hydrolysis) is 1. The molecule has 2 N–H and O–H groups in total. The molecule has 3 unspecified atom stereocenters. The van der Waals surface area contributed by atoms with Gasteiger partial charge in [0.15, 0.2) is 0 Å². The predicted molar refractivity (Wildman–Crippen MR) is 141 cm³/mol. The molecule has 35 heavy (non-hydrogen) atoms. The van der Waals surface area contributed by atoms with Gasteiger partial charge < -0.3 is 20.3 Å². The van der Waals surface area contributed by atoms with Gasteiger partial charge in [0.05, 0.1) is 0 Å².